The highest BCUT2D eigenvalue weighted by Crippen LogP contribution is 2.47. The Morgan fingerprint density at radius 1 is 0.857 bits per heavy atom. The van der Waals surface area contributed by atoms with Crippen molar-refractivity contribution in [3.05, 3.63) is 71.3 Å². The molecule has 0 unspecified atom stereocenters. The van der Waals surface area contributed by atoms with E-state index in [2.05, 4.69) is 45.9 Å². The largest absolute Gasteiger partial charge is 0.457 e. The Balaban J connectivity index is 1.71. The van der Waals surface area contributed by atoms with Crippen molar-refractivity contribution in [2.45, 2.75) is 51.4 Å². The fourth-order valence-corrected chi connectivity index (χ4v) is 4.31. The van der Waals surface area contributed by atoms with Crippen LogP contribution < -0.4 is 10.5 Å². The number of fused-ring (bicyclic) bond motifs is 2. The van der Waals surface area contributed by atoms with E-state index in [1.54, 1.807) is 6.07 Å². The predicted molar refractivity (Wildman–Crippen MR) is 114 cm³/mol. The van der Waals surface area contributed by atoms with E-state index in [9.17, 15) is 4.79 Å². The van der Waals surface area contributed by atoms with Gasteiger partial charge in [0.15, 0.2) is 0 Å². The smallest absolute Gasteiger partial charge is 0.249 e. The molecule has 0 saturated heterocycles. The van der Waals surface area contributed by atoms with Gasteiger partial charge in [0.05, 0.1) is 0 Å². The minimum atomic E-state index is -0.418. The topological polar surface area (TPSA) is 52.3 Å². The zero-order valence-electron chi connectivity index (χ0n) is 17.0. The van der Waals surface area contributed by atoms with Gasteiger partial charge < -0.3 is 10.5 Å². The molecule has 0 saturated carbocycles. The second kappa shape index (κ2) is 6.37. The highest BCUT2D eigenvalue weighted by atomic mass is 16.5. The molecule has 3 heteroatoms. The number of carbonyl (C=O) groups excluding carboxylic acids is 1. The molecule has 28 heavy (non-hydrogen) atoms. The van der Waals surface area contributed by atoms with Gasteiger partial charge in [-0.15, -0.1) is 0 Å². The maximum Gasteiger partial charge on any atom is 0.249 e. The maximum atomic E-state index is 11.6. The number of benzene rings is 3. The van der Waals surface area contributed by atoms with Crippen LogP contribution >= 0.6 is 0 Å². The molecule has 0 heterocycles. The molecule has 1 aliphatic carbocycles. The Kier molecular flexibility index (Phi) is 4.22. The van der Waals surface area contributed by atoms with Crippen LogP contribution in [0.1, 0.15) is 62.0 Å². The molecule has 0 fully saturated rings. The van der Waals surface area contributed by atoms with Crippen LogP contribution in [0, 0.1) is 0 Å². The summed E-state index contributed by atoms with van der Waals surface area (Å²) in [4.78, 5) is 11.6. The predicted octanol–water partition coefficient (Wildman–Crippen LogP) is 6.08. The normalized spacial score (nSPS) is 17.1. The van der Waals surface area contributed by atoms with Crippen LogP contribution in [-0.4, -0.2) is 5.91 Å². The number of carbonyl (C=O) groups is 1. The van der Waals surface area contributed by atoms with Crippen LogP contribution in [0.4, 0.5) is 0 Å². The first-order valence-electron chi connectivity index (χ1n) is 9.83. The van der Waals surface area contributed by atoms with Gasteiger partial charge in [-0.3, -0.25) is 4.79 Å². The number of primary amides is 1. The summed E-state index contributed by atoms with van der Waals surface area (Å²) in [5.41, 5.74) is 9.14. The molecule has 3 aromatic carbocycles. The average Bonchev–Trinajstić information content (AvgIpc) is 2.65. The zero-order chi connectivity index (χ0) is 20.1. The summed E-state index contributed by atoms with van der Waals surface area (Å²) in [6.07, 6.45) is 2.36. The molecular formula is C25H27NO2. The lowest BCUT2D eigenvalue weighted by molar-refractivity contribution is 0.100. The highest BCUT2D eigenvalue weighted by molar-refractivity contribution is 6.06. The number of amides is 1. The van der Waals surface area contributed by atoms with Crippen molar-refractivity contribution in [2.75, 3.05) is 0 Å². The van der Waals surface area contributed by atoms with Crippen LogP contribution in [-0.2, 0) is 10.8 Å². The van der Waals surface area contributed by atoms with E-state index in [1.165, 1.54) is 24.0 Å². The molecule has 0 bridgehead atoms. The summed E-state index contributed by atoms with van der Waals surface area (Å²) in [5.74, 6) is 1.18. The third-order valence-electron chi connectivity index (χ3n) is 6.18. The van der Waals surface area contributed by atoms with Gasteiger partial charge in [0.25, 0.3) is 0 Å². The summed E-state index contributed by atoms with van der Waals surface area (Å²) >= 11 is 0. The quantitative estimate of drug-likeness (QED) is 0.605. The number of nitrogens with two attached hydrogens (primary N) is 1. The maximum absolute atomic E-state index is 11.6. The molecule has 0 aliphatic heterocycles. The molecule has 4 rings (SSSR count). The molecule has 3 nitrogen and oxygen atoms in total. The molecule has 3 aromatic rings. The number of rotatable bonds is 3. The van der Waals surface area contributed by atoms with E-state index in [-0.39, 0.29) is 10.8 Å². The zero-order valence-corrected chi connectivity index (χ0v) is 17.0. The highest BCUT2D eigenvalue weighted by Gasteiger charge is 2.37. The Hall–Kier alpha value is -2.81. The van der Waals surface area contributed by atoms with Crippen LogP contribution in [0.3, 0.4) is 0 Å². The first-order valence-corrected chi connectivity index (χ1v) is 9.83. The van der Waals surface area contributed by atoms with Crippen LogP contribution in [0.5, 0.6) is 11.5 Å². The molecule has 0 atom stereocenters. The van der Waals surface area contributed by atoms with E-state index >= 15 is 0 Å². The lowest BCUT2D eigenvalue weighted by atomic mass is 9.63. The van der Waals surface area contributed by atoms with Gasteiger partial charge in [0.1, 0.15) is 11.5 Å². The van der Waals surface area contributed by atoms with Crippen molar-refractivity contribution in [1.29, 1.82) is 0 Å². The van der Waals surface area contributed by atoms with Crippen molar-refractivity contribution < 1.29 is 9.53 Å². The number of hydrogen-bond donors (Lipinski definition) is 1. The van der Waals surface area contributed by atoms with Crippen molar-refractivity contribution >= 4 is 16.7 Å². The summed E-state index contributed by atoms with van der Waals surface area (Å²) in [6.45, 7) is 9.26. The number of ether oxygens (including phenoxy) is 1. The SMILES string of the molecule is CC1(C)CCC(C)(C)c2cc(Oc3ccc4c(C(N)=O)cccc4c3)ccc21. The van der Waals surface area contributed by atoms with Crippen LogP contribution in [0.25, 0.3) is 10.8 Å². The summed E-state index contributed by atoms with van der Waals surface area (Å²) < 4.78 is 6.20. The lowest BCUT2D eigenvalue weighted by Crippen LogP contribution is -2.33. The molecule has 1 aliphatic rings. The van der Waals surface area contributed by atoms with Gasteiger partial charge in [-0.25, -0.2) is 0 Å². The van der Waals surface area contributed by atoms with E-state index in [1.807, 2.05) is 30.3 Å². The van der Waals surface area contributed by atoms with Crippen LogP contribution in [0.15, 0.2) is 54.6 Å². The summed E-state index contributed by atoms with van der Waals surface area (Å²) in [5, 5.41) is 1.78. The second-order valence-electron chi connectivity index (χ2n) is 9.13. The van der Waals surface area contributed by atoms with Gasteiger partial charge in [-0.2, -0.15) is 0 Å². The fourth-order valence-electron chi connectivity index (χ4n) is 4.31. The van der Waals surface area contributed by atoms with E-state index in [0.29, 0.717) is 5.56 Å². The van der Waals surface area contributed by atoms with Crippen molar-refractivity contribution in [3.63, 3.8) is 0 Å². The average molecular weight is 373 g/mol. The third-order valence-corrected chi connectivity index (χ3v) is 6.18. The Bertz CT molecular complexity index is 1080. The van der Waals surface area contributed by atoms with Crippen molar-refractivity contribution in [1.82, 2.24) is 0 Å². The molecule has 1 amide bonds. The Morgan fingerprint density at radius 3 is 2.21 bits per heavy atom. The second-order valence-corrected chi connectivity index (χ2v) is 9.13. The molecule has 0 spiro atoms. The van der Waals surface area contributed by atoms with E-state index in [4.69, 9.17) is 10.5 Å². The molecule has 0 aromatic heterocycles. The van der Waals surface area contributed by atoms with E-state index in [0.717, 1.165) is 22.3 Å². The first kappa shape index (κ1) is 18.5. The minimum absolute atomic E-state index is 0.143. The van der Waals surface area contributed by atoms with Gasteiger partial charge in [0, 0.05) is 5.56 Å². The lowest BCUT2D eigenvalue weighted by Gasteiger charge is -2.41. The minimum Gasteiger partial charge on any atom is -0.457 e. The molecule has 144 valence electrons. The Labute approximate surface area is 166 Å². The van der Waals surface area contributed by atoms with E-state index < -0.39 is 5.91 Å². The van der Waals surface area contributed by atoms with Crippen molar-refractivity contribution in [2.24, 2.45) is 5.73 Å². The standard InChI is InChI=1S/C25H27NO2/c1-24(2)12-13-25(3,4)22-15-18(9-11-21(22)24)28-17-8-10-19-16(14-17)6-5-7-20(19)23(26)27/h5-11,14-15H,12-13H2,1-4H3,(H2,26,27). The monoisotopic (exact) mass is 373 g/mol. The number of hydrogen-bond acceptors (Lipinski definition) is 2. The van der Waals surface area contributed by atoms with Gasteiger partial charge >= 0.3 is 0 Å². The van der Waals surface area contributed by atoms with Crippen molar-refractivity contribution in [3.8, 4) is 11.5 Å². The molecule has 0 radical (unpaired) electrons. The molecule has 2 N–H and O–H groups in total. The van der Waals surface area contributed by atoms with Gasteiger partial charge in [-0.05, 0) is 82.0 Å². The third kappa shape index (κ3) is 3.15. The molecular weight excluding hydrogens is 346 g/mol. The first-order chi connectivity index (χ1) is 13.2. The van der Waals surface area contributed by atoms with Gasteiger partial charge in [0.2, 0.25) is 5.91 Å². The summed E-state index contributed by atoms with van der Waals surface area (Å²) in [6, 6.07) is 17.8. The van der Waals surface area contributed by atoms with Crippen LogP contribution in [0.2, 0.25) is 0 Å². The Morgan fingerprint density at radius 2 is 1.50 bits per heavy atom. The van der Waals surface area contributed by atoms with Gasteiger partial charge in [-0.1, -0.05) is 45.9 Å². The fraction of sp³-hybridized carbons (Fsp3) is 0.320. The summed E-state index contributed by atoms with van der Waals surface area (Å²) in [7, 11) is 0.